The van der Waals surface area contributed by atoms with Crippen LogP contribution in [0.1, 0.15) is 19.4 Å². The second-order valence-corrected chi connectivity index (χ2v) is 7.76. The molecule has 0 saturated carbocycles. The van der Waals surface area contributed by atoms with Crippen LogP contribution in [0.3, 0.4) is 0 Å². The normalized spacial score (nSPS) is 23.6. The number of nitrogens with two attached hydrogens (primary N) is 1. The summed E-state index contributed by atoms with van der Waals surface area (Å²) < 4.78 is 5.94. The van der Waals surface area contributed by atoms with Crippen molar-refractivity contribution in [3.05, 3.63) is 47.2 Å². The minimum absolute atomic E-state index is 0.147. The fraction of sp³-hybridized carbons (Fsp3) is 0.316. The first kappa shape index (κ1) is 16.8. The summed E-state index contributed by atoms with van der Waals surface area (Å²) in [5, 5.41) is 0.547. The zero-order valence-corrected chi connectivity index (χ0v) is 15.5. The van der Waals surface area contributed by atoms with E-state index in [1.165, 1.54) is 4.90 Å². The van der Waals surface area contributed by atoms with Gasteiger partial charge < -0.3 is 10.5 Å². The van der Waals surface area contributed by atoms with Crippen LogP contribution in [0.25, 0.3) is 11.1 Å². The minimum Gasteiger partial charge on any atom is -0.493 e. The summed E-state index contributed by atoms with van der Waals surface area (Å²) in [5.74, 6) is 0.708. The Kier molecular flexibility index (Phi) is 3.53. The molecule has 1 aromatic carbocycles. The number of guanidine groups is 1. The number of carbonyl (C=O) groups excluding carboxylic acids is 1. The first-order valence-electron chi connectivity index (χ1n) is 8.28. The van der Waals surface area contributed by atoms with Crippen LogP contribution in [0.4, 0.5) is 0 Å². The fourth-order valence-corrected chi connectivity index (χ4v) is 3.85. The van der Waals surface area contributed by atoms with Crippen molar-refractivity contribution < 1.29 is 9.53 Å². The maximum absolute atomic E-state index is 13.2. The maximum atomic E-state index is 13.2. The van der Waals surface area contributed by atoms with Gasteiger partial charge in [0.1, 0.15) is 5.75 Å². The lowest BCUT2D eigenvalue weighted by molar-refractivity contribution is -0.137. The van der Waals surface area contributed by atoms with E-state index in [9.17, 15) is 4.79 Å². The molecule has 0 radical (unpaired) electrons. The predicted octanol–water partition coefficient (Wildman–Crippen LogP) is 2.80. The molecule has 0 aliphatic carbocycles. The van der Waals surface area contributed by atoms with Crippen LogP contribution in [0.5, 0.6) is 5.75 Å². The van der Waals surface area contributed by atoms with E-state index in [1.54, 1.807) is 19.4 Å². The van der Waals surface area contributed by atoms with E-state index in [0.717, 1.165) is 11.1 Å². The maximum Gasteiger partial charge on any atom is 0.262 e. The van der Waals surface area contributed by atoms with Crippen molar-refractivity contribution in [1.29, 1.82) is 0 Å². The molecule has 2 aromatic rings. The molecule has 1 amide bonds. The zero-order chi connectivity index (χ0) is 18.7. The van der Waals surface area contributed by atoms with Crippen LogP contribution in [0, 0.1) is 5.41 Å². The van der Waals surface area contributed by atoms with Crippen molar-refractivity contribution >= 4 is 23.5 Å². The van der Waals surface area contributed by atoms with Crippen LogP contribution in [-0.4, -0.2) is 35.4 Å². The van der Waals surface area contributed by atoms with E-state index in [-0.39, 0.29) is 11.9 Å². The summed E-state index contributed by atoms with van der Waals surface area (Å²) in [5.41, 5.74) is 6.79. The molecule has 134 valence electrons. The largest absolute Gasteiger partial charge is 0.493 e. The van der Waals surface area contributed by atoms with Gasteiger partial charge in [0.05, 0.1) is 11.6 Å². The summed E-state index contributed by atoms with van der Waals surface area (Å²) in [6.07, 6.45) is 3.31. The minimum atomic E-state index is -1.11. The second kappa shape index (κ2) is 5.45. The lowest BCUT2D eigenvalue weighted by Gasteiger charge is -2.44. The highest BCUT2D eigenvalue weighted by molar-refractivity contribution is 6.30. The monoisotopic (exact) mass is 370 g/mol. The molecule has 4 rings (SSSR count). The quantitative estimate of drug-likeness (QED) is 0.836. The number of hydrogen-bond donors (Lipinski definition) is 1. The Labute approximate surface area is 156 Å². The molecule has 26 heavy (non-hydrogen) atoms. The summed E-state index contributed by atoms with van der Waals surface area (Å²) in [6.45, 7) is 4.31. The topological polar surface area (TPSA) is 80.8 Å². The molecule has 1 atom stereocenters. The van der Waals surface area contributed by atoms with Crippen molar-refractivity contribution in [3.8, 4) is 16.9 Å². The van der Waals surface area contributed by atoms with Gasteiger partial charge in [-0.1, -0.05) is 31.5 Å². The molecule has 1 spiro atoms. The molecule has 2 N–H and O–H groups in total. The van der Waals surface area contributed by atoms with Crippen molar-refractivity contribution in [2.24, 2.45) is 16.1 Å². The van der Waals surface area contributed by atoms with Crippen LogP contribution in [-0.2, 0) is 10.3 Å². The molecule has 2 aliphatic rings. The van der Waals surface area contributed by atoms with Gasteiger partial charge in [0.25, 0.3) is 5.91 Å². The number of likely N-dealkylation sites (N-methyl/N-ethyl adjacent to an activating group) is 1. The third kappa shape index (κ3) is 2.15. The highest BCUT2D eigenvalue weighted by Crippen LogP contribution is 2.53. The molecular weight excluding hydrogens is 352 g/mol. The molecule has 0 bridgehead atoms. The first-order chi connectivity index (χ1) is 12.3. The van der Waals surface area contributed by atoms with Gasteiger partial charge in [-0.25, -0.2) is 4.99 Å². The Balaban J connectivity index is 1.96. The third-order valence-corrected chi connectivity index (χ3v) is 5.42. The molecule has 3 heterocycles. The number of benzene rings is 1. The number of aromatic nitrogens is 1. The number of carbonyl (C=O) groups is 1. The number of pyridine rings is 1. The van der Waals surface area contributed by atoms with E-state index >= 15 is 0 Å². The third-order valence-electron chi connectivity index (χ3n) is 5.22. The summed E-state index contributed by atoms with van der Waals surface area (Å²) >= 11 is 6.08. The van der Waals surface area contributed by atoms with Crippen LogP contribution in [0.2, 0.25) is 5.02 Å². The highest BCUT2D eigenvalue weighted by atomic mass is 35.5. The molecule has 7 heteroatoms. The zero-order valence-electron chi connectivity index (χ0n) is 14.8. The molecule has 2 aliphatic heterocycles. The average molecular weight is 371 g/mol. The number of halogens is 1. The Morgan fingerprint density at radius 3 is 2.65 bits per heavy atom. The van der Waals surface area contributed by atoms with Gasteiger partial charge in [0.2, 0.25) is 0 Å². The van der Waals surface area contributed by atoms with E-state index in [1.807, 2.05) is 38.1 Å². The lowest BCUT2D eigenvalue weighted by Crippen LogP contribution is -2.53. The first-order valence-corrected chi connectivity index (χ1v) is 8.66. The van der Waals surface area contributed by atoms with Gasteiger partial charge >= 0.3 is 0 Å². The second-order valence-electron chi connectivity index (χ2n) is 7.32. The van der Waals surface area contributed by atoms with E-state index < -0.39 is 11.0 Å². The number of fused-ring (bicyclic) bond motifs is 2. The SMILES string of the molecule is CN1C(=O)C2(N=C1N)c1cc(-c3cncc(Cl)c3)ccc1OCC2(C)C. The van der Waals surface area contributed by atoms with E-state index in [4.69, 9.17) is 22.1 Å². The number of hydrogen-bond acceptors (Lipinski definition) is 5. The van der Waals surface area contributed by atoms with Crippen LogP contribution in [0.15, 0.2) is 41.7 Å². The fourth-order valence-electron chi connectivity index (χ4n) is 3.67. The molecular formula is C19H19ClN4O2. The predicted molar refractivity (Wildman–Crippen MR) is 100 cm³/mol. The van der Waals surface area contributed by atoms with Gasteiger partial charge in [0, 0.05) is 36.0 Å². The van der Waals surface area contributed by atoms with Gasteiger partial charge in [-0.3, -0.25) is 14.7 Å². The van der Waals surface area contributed by atoms with Crippen molar-refractivity contribution in [3.63, 3.8) is 0 Å². The van der Waals surface area contributed by atoms with E-state index in [0.29, 0.717) is 22.9 Å². The molecule has 1 aromatic heterocycles. The highest BCUT2D eigenvalue weighted by Gasteiger charge is 2.61. The van der Waals surface area contributed by atoms with Gasteiger partial charge in [0.15, 0.2) is 11.5 Å². The summed E-state index contributed by atoms with van der Waals surface area (Å²) in [6, 6.07) is 7.55. The number of aliphatic imine (C=N–C) groups is 1. The van der Waals surface area contributed by atoms with Crippen LogP contribution < -0.4 is 10.5 Å². The van der Waals surface area contributed by atoms with Gasteiger partial charge in [-0.15, -0.1) is 0 Å². The lowest BCUT2D eigenvalue weighted by atomic mass is 9.66. The summed E-state index contributed by atoms with van der Waals surface area (Å²) in [7, 11) is 1.64. The Bertz CT molecular complexity index is 956. The van der Waals surface area contributed by atoms with E-state index in [2.05, 4.69) is 9.98 Å². The average Bonchev–Trinajstić information content (AvgIpc) is 2.84. The van der Waals surface area contributed by atoms with Crippen molar-refractivity contribution in [2.75, 3.05) is 13.7 Å². The Morgan fingerprint density at radius 1 is 1.23 bits per heavy atom. The molecule has 6 nitrogen and oxygen atoms in total. The number of amides is 1. The van der Waals surface area contributed by atoms with Gasteiger partial charge in [-0.05, 0) is 23.8 Å². The van der Waals surface area contributed by atoms with Crippen molar-refractivity contribution in [1.82, 2.24) is 9.88 Å². The molecule has 0 fully saturated rings. The van der Waals surface area contributed by atoms with Crippen molar-refractivity contribution in [2.45, 2.75) is 19.4 Å². The Morgan fingerprint density at radius 2 is 2.00 bits per heavy atom. The standard InChI is InChI=1S/C19H19ClN4O2/c1-18(2)10-26-15-5-4-11(12-6-13(20)9-22-8-12)7-14(15)19(18)16(25)24(3)17(21)23-19/h4-9H,10H2,1-3H3,(H2,21,23). The van der Waals surface area contributed by atoms with Gasteiger partial charge in [-0.2, -0.15) is 0 Å². The number of ether oxygens (including phenoxy) is 1. The molecule has 1 unspecified atom stereocenters. The molecule has 0 saturated heterocycles. The van der Waals surface area contributed by atoms with Crippen LogP contribution >= 0.6 is 11.6 Å². The smallest absolute Gasteiger partial charge is 0.262 e. The number of nitrogens with zero attached hydrogens (tertiary/aromatic N) is 3. The number of rotatable bonds is 1. The Hall–Kier alpha value is -2.60. The summed E-state index contributed by atoms with van der Waals surface area (Å²) in [4.78, 5) is 23.4.